The van der Waals surface area contributed by atoms with Crippen molar-refractivity contribution in [2.45, 2.75) is 67.9 Å². The molecule has 12 heteroatoms. The first-order chi connectivity index (χ1) is 21.4. The highest BCUT2D eigenvalue weighted by atomic mass is 35.5. The molecule has 2 N–H and O–H groups in total. The van der Waals surface area contributed by atoms with Gasteiger partial charge in [-0.2, -0.15) is 0 Å². The van der Waals surface area contributed by atoms with Crippen LogP contribution in [0.2, 0.25) is 5.02 Å². The average molecular weight is 658 g/mol. The van der Waals surface area contributed by atoms with E-state index < -0.39 is 27.6 Å². The van der Waals surface area contributed by atoms with Crippen LogP contribution in [0.4, 0.5) is 10.5 Å². The molecule has 0 radical (unpaired) electrons. The molecule has 4 atom stereocenters. The number of amides is 2. The third-order valence-corrected chi connectivity index (χ3v) is 11.4. The van der Waals surface area contributed by atoms with Gasteiger partial charge in [0.05, 0.1) is 36.9 Å². The number of hydrogen-bond donors (Lipinski definition) is 2. The van der Waals surface area contributed by atoms with E-state index in [1.165, 1.54) is 38.2 Å². The first kappa shape index (κ1) is 31.7. The number of sulfonamides is 1. The lowest BCUT2D eigenvalue weighted by Crippen LogP contribution is -2.52. The minimum absolute atomic E-state index is 0.0341. The van der Waals surface area contributed by atoms with Gasteiger partial charge in [-0.3, -0.25) is 4.79 Å². The Bertz CT molecular complexity index is 1630. The Hall–Kier alpha value is -3.28. The number of ether oxygens (including phenoxy) is 3. The van der Waals surface area contributed by atoms with Crippen molar-refractivity contribution in [2.24, 2.45) is 11.8 Å². The van der Waals surface area contributed by atoms with Crippen LogP contribution in [0.15, 0.2) is 53.4 Å². The Morgan fingerprint density at radius 3 is 2.76 bits per heavy atom. The smallest absolute Gasteiger partial charge is 0.407 e. The van der Waals surface area contributed by atoms with Gasteiger partial charge in [0.2, 0.25) is 0 Å². The molecule has 4 aliphatic rings. The highest BCUT2D eigenvalue weighted by Crippen LogP contribution is 2.47. The molecule has 2 aliphatic heterocycles. The van der Waals surface area contributed by atoms with Gasteiger partial charge < -0.3 is 24.4 Å². The topological polar surface area (TPSA) is 123 Å². The molecule has 1 spiro atoms. The van der Waals surface area contributed by atoms with E-state index in [0.29, 0.717) is 36.2 Å². The first-order valence-electron chi connectivity index (χ1n) is 15.4. The SMILES string of the molecule is COC(=O)N[C@@H]1/C=C\COC(C)(C)C(=O)NS(=O)(=O)c2ccc3c(c2)N(C[C@@H]2CC[C@H]21)C[C@@]1(CCCc2cc(Cl)ccc21)CO3. The number of nitrogens with one attached hydrogen (secondary N) is 2. The number of anilines is 1. The zero-order valence-electron chi connectivity index (χ0n) is 25.8. The lowest BCUT2D eigenvalue weighted by Gasteiger charge is -2.46. The minimum Gasteiger partial charge on any atom is -0.490 e. The van der Waals surface area contributed by atoms with Gasteiger partial charge in [0, 0.05) is 23.5 Å². The second-order valence-corrected chi connectivity index (χ2v) is 15.2. The number of fused-ring (bicyclic) bond motifs is 4. The molecule has 2 heterocycles. The summed E-state index contributed by atoms with van der Waals surface area (Å²) in [7, 11) is -2.88. The van der Waals surface area contributed by atoms with Crippen LogP contribution in [0.5, 0.6) is 5.75 Å². The zero-order chi connectivity index (χ0) is 32.0. The van der Waals surface area contributed by atoms with Crippen molar-refractivity contribution in [3.63, 3.8) is 0 Å². The summed E-state index contributed by atoms with van der Waals surface area (Å²) in [4.78, 5) is 27.7. The Morgan fingerprint density at radius 2 is 2.00 bits per heavy atom. The molecule has 2 aromatic carbocycles. The largest absolute Gasteiger partial charge is 0.490 e. The van der Waals surface area contributed by atoms with Crippen molar-refractivity contribution < 1.29 is 32.2 Å². The lowest BCUT2D eigenvalue weighted by atomic mass is 9.68. The van der Waals surface area contributed by atoms with Crippen LogP contribution in [0.1, 0.15) is 50.7 Å². The number of rotatable bonds is 1. The number of carbonyl (C=O) groups excluding carboxylic acids is 2. The summed E-state index contributed by atoms with van der Waals surface area (Å²) in [5, 5.41) is 3.68. The van der Waals surface area contributed by atoms with Crippen molar-refractivity contribution in [3.8, 4) is 5.75 Å². The third kappa shape index (κ3) is 6.26. The molecule has 1 fully saturated rings. The summed E-state index contributed by atoms with van der Waals surface area (Å²) in [5.41, 5.74) is 1.30. The summed E-state index contributed by atoms with van der Waals surface area (Å²) in [6.45, 7) is 4.75. The maximum absolute atomic E-state index is 13.5. The van der Waals surface area contributed by atoms with Crippen molar-refractivity contribution in [2.75, 3.05) is 38.3 Å². The van der Waals surface area contributed by atoms with E-state index in [1.807, 2.05) is 18.2 Å². The molecule has 6 rings (SSSR count). The fourth-order valence-corrected chi connectivity index (χ4v) is 8.48. The molecule has 0 saturated heterocycles. The Balaban J connectivity index is 1.44. The van der Waals surface area contributed by atoms with Gasteiger partial charge in [-0.1, -0.05) is 29.8 Å². The molecule has 2 aromatic rings. The number of carbonyl (C=O) groups is 2. The van der Waals surface area contributed by atoms with Gasteiger partial charge >= 0.3 is 6.09 Å². The molecule has 2 bridgehead atoms. The molecule has 0 unspecified atom stereocenters. The molecule has 0 aromatic heterocycles. The lowest BCUT2D eigenvalue weighted by molar-refractivity contribution is -0.139. The predicted octanol–water partition coefficient (Wildman–Crippen LogP) is 4.73. The summed E-state index contributed by atoms with van der Waals surface area (Å²) in [5.74, 6) is 0.101. The number of halogens is 1. The predicted molar refractivity (Wildman–Crippen MR) is 170 cm³/mol. The van der Waals surface area contributed by atoms with Gasteiger partial charge in [-0.25, -0.2) is 17.9 Å². The number of aryl methyl sites for hydroxylation is 1. The molecule has 1 saturated carbocycles. The van der Waals surface area contributed by atoms with Crippen LogP contribution in [0, 0.1) is 11.8 Å². The van der Waals surface area contributed by atoms with E-state index in [-0.39, 0.29) is 34.8 Å². The number of alkyl carbamates (subject to hydrolysis) is 1. The summed E-state index contributed by atoms with van der Waals surface area (Å²) in [6.07, 6.45) is 7.78. The van der Waals surface area contributed by atoms with Crippen LogP contribution in [0.25, 0.3) is 0 Å². The fraction of sp³-hybridized carbons (Fsp3) is 0.515. The van der Waals surface area contributed by atoms with Crippen molar-refractivity contribution >= 4 is 39.3 Å². The average Bonchev–Trinajstić information content (AvgIpc) is 3.13. The quantitative estimate of drug-likeness (QED) is 0.422. The molecule has 242 valence electrons. The molecular formula is C33H40ClN3O7S. The maximum Gasteiger partial charge on any atom is 0.407 e. The molecule has 10 nitrogen and oxygen atoms in total. The van der Waals surface area contributed by atoms with Gasteiger partial charge in [0.15, 0.2) is 0 Å². The first-order valence-corrected chi connectivity index (χ1v) is 17.3. The van der Waals surface area contributed by atoms with Crippen LogP contribution >= 0.6 is 11.6 Å². The standard InChI is InChI=1S/C33H40ClN3O7S/c1-32(2)30(38)36-45(40,41)24-10-13-29-28(17-24)37(18-22-8-11-25(22)27(7-5-15-44-32)35-31(39)42-3)19-33(20-43-29)14-4-6-21-16-23(34)9-12-26(21)33/h5,7,9-10,12-13,16-17,22,25,27H,4,6,8,11,14-15,18-20H2,1-3H3,(H,35,39)(H,36,38)/b7-5-/t22-,25+,27+,33-/m0/s1. The minimum atomic E-state index is -4.22. The third-order valence-electron chi connectivity index (χ3n) is 9.84. The number of nitrogens with zero attached hydrogens (tertiary/aromatic N) is 1. The van der Waals surface area contributed by atoms with Crippen LogP contribution in [-0.2, 0) is 36.1 Å². The molecule has 2 aliphatic carbocycles. The second-order valence-electron chi connectivity index (χ2n) is 13.1. The summed E-state index contributed by atoms with van der Waals surface area (Å²) in [6, 6.07) is 10.5. The van der Waals surface area contributed by atoms with Crippen LogP contribution < -0.4 is 19.7 Å². The van der Waals surface area contributed by atoms with Gasteiger partial charge in [0.1, 0.15) is 11.4 Å². The molecular weight excluding hydrogens is 618 g/mol. The molecule has 45 heavy (non-hydrogen) atoms. The molecule has 2 amide bonds. The monoisotopic (exact) mass is 657 g/mol. The van der Waals surface area contributed by atoms with E-state index in [1.54, 1.807) is 18.2 Å². The fourth-order valence-electron chi connectivity index (χ4n) is 7.16. The zero-order valence-corrected chi connectivity index (χ0v) is 27.4. The summed E-state index contributed by atoms with van der Waals surface area (Å²) < 4.78 is 46.5. The van der Waals surface area contributed by atoms with Crippen molar-refractivity contribution in [3.05, 3.63) is 64.7 Å². The number of methoxy groups -OCH3 is 1. The van der Waals surface area contributed by atoms with Gasteiger partial charge in [0.25, 0.3) is 15.9 Å². The Kier molecular flexibility index (Phi) is 8.56. The highest BCUT2D eigenvalue weighted by molar-refractivity contribution is 7.90. The van der Waals surface area contributed by atoms with Crippen LogP contribution in [0.3, 0.4) is 0 Å². The van der Waals surface area contributed by atoms with E-state index in [4.69, 9.17) is 25.8 Å². The normalized spacial score (nSPS) is 29.5. The van der Waals surface area contributed by atoms with E-state index in [0.717, 1.165) is 32.1 Å². The van der Waals surface area contributed by atoms with E-state index >= 15 is 0 Å². The highest BCUT2D eigenvalue weighted by Gasteiger charge is 2.45. The van der Waals surface area contributed by atoms with Crippen molar-refractivity contribution in [1.29, 1.82) is 0 Å². The second kappa shape index (κ2) is 12.1. The van der Waals surface area contributed by atoms with Gasteiger partial charge in [-0.15, -0.1) is 0 Å². The number of hydrogen-bond acceptors (Lipinski definition) is 8. The van der Waals surface area contributed by atoms with Gasteiger partial charge in [-0.05, 0) is 99.2 Å². The van der Waals surface area contributed by atoms with Crippen molar-refractivity contribution in [1.82, 2.24) is 10.0 Å². The van der Waals surface area contributed by atoms with Crippen LogP contribution in [-0.4, -0.2) is 65.5 Å². The van der Waals surface area contributed by atoms with E-state index in [9.17, 15) is 18.0 Å². The van der Waals surface area contributed by atoms with E-state index in [2.05, 4.69) is 21.0 Å². The Labute approximate surface area is 269 Å². The maximum atomic E-state index is 13.5. The Morgan fingerprint density at radius 1 is 1.18 bits per heavy atom. The summed E-state index contributed by atoms with van der Waals surface area (Å²) >= 11 is 6.40. The number of benzene rings is 2.